The summed E-state index contributed by atoms with van der Waals surface area (Å²) in [5, 5.41) is 7.87. The van der Waals surface area contributed by atoms with Gasteiger partial charge < -0.3 is 5.32 Å². The first-order valence-electron chi connectivity index (χ1n) is 7.54. The molecule has 0 amide bonds. The van der Waals surface area contributed by atoms with Gasteiger partial charge in [0.1, 0.15) is 0 Å². The molecule has 4 rings (SSSR count). The first kappa shape index (κ1) is 12.2. The van der Waals surface area contributed by atoms with Gasteiger partial charge in [-0.1, -0.05) is 24.3 Å². The molecule has 0 radical (unpaired) electrons. The summed E-state index contributed by atoms with van der Waals surface area (Å²) in [5.41, 5.74) is 4.47. The highest BCUT2D eigenvalue weighted by Gasteiger charge is 2.56. The number of benzene rings is 1. The molecular formula is C17H21N3. The zero-order chi connectivity index (χ0) is 13.7. The van der Waals surface area contributed by atoms with Crippen LogP contribution in [0.4, 0.5) is 0 Å². The predicted octanol–water partition coefficient (Wildman–Crippen LogP) is 2.66. The van der Waals surface area contributed by atoms with E-state index in [1.165, 1.54) is 18.5 Å². The lowest BCUT2D eigenvalue weighted by Crippen LogP contribution is -2.22. The van der Waals surface area contributed by atoms with Gasteiger partial charge in [-0.15, -0.1) is 0 Å². The monoisotopic (exact) mass is 267 g/mol. The van der Waals surface area contributed by atoms with E-state index in [1.54, 1.807) is 11.1 Å². The van der Waals surface area contributed by atoms with Gasteiger partial charge in [-0.2, -0.15) is 5.10 Å². The fourth-order valence-corrected chi connectivity index (χ4v) is 4.30. The van der Waals surface area contributed by atoms with Gasteiger partial charge in [0.25, 0.3) is 0 Å². The molecule has 1 saturated carbocycles. The number of fused-ring (bicyclic) bond motifs is 3. The maximum Gasteiger partial charge on any atom is 0.0553 e. The Morgan fingerprint density at radius 3 is 2.90 bits per heavy atom. The van der Waals surface area contributed by atoms with Crippen molar-refractivity contribution in [2.24, 2.45) is 18.9 Å². The standard InChI is InChI=1S/C17H21N3/c1-18-17(14-9-10-19-20(14)2)16-13-8-7-11-5-3-4-6-12(11)15(13)16/h3-6,9-10,13,15-18H,7-8H2,1-2H3. The first-order chi connectivity index (χ1) is 9.81. The Hall–Kier alpha value is -1.61. The number of aryl methyl sites for hydroxylation is 2. The SMILES string of the molecule is CNC(c1ccnn1C)C1C2CCc3ccccc3C21. The smallest absolute Gasteiger partial charge is 0.0553 e. The van der Waals surface area contributed by atoms with Gasteiger partial charge in [0, 0.05) is 13.2 Å². The van der Waals surface area contributed by atoms with E-state index in [0.717, 1.165) is 17.8 Å². The third-order valence-corrected chi connectivity index (χ3v) is 5.26. The molecule has 0 bridgehead atoms. The average molecular weight is 267 g/mol. The van der Waals surface area contributed by atoms with Gasteiger partial charge >= 0.3 is 0 Å². The van der Waals surface area contributed by atoms with Crippen LogP contribution in [0.5, 0.6) is 0 Å². The van der Waals surface area contributed by atoms with Crippen molar-refractivity contribution >= 4 is 0 Å². The van der Waals surface area contributed by atoms with Crippen LogP contribution < -0.4 is 5.32 Å². The molecule has 4 unspecified atom stereocenters. The van der Waals surface area contributed by atoms with Crippen molar-refractivity contribution < 1.29 is 0 Å². The second kappa shape index (κ2) is 4.45. The van der Waals surface area contributed by atoms with Gasteiger partial charge in [-0.05, 0) is 54.8 Å². The number of nitrogens with one attached hydrogen (secondary N) is 1. The van der Waals surface area contributed by atoms with Crippen LogP contribution in [0.3, 0.4) is 0 Å². The molecule has 104 valence electrons. The van der Waals surface area contributed by atoms with E-state index in [1.807, 2.05) is 17.9 Å². The summed E-state index contributed by atoms with van der Waals surface area (Å²) in [6.07, 6.45) is 4.48. The molecule has 3 heteroatoms. The minimum absolute atomic E-state index is 0.420. The number of hydrogen-bond acceptors (Lipinski definition) is 2. The molecule has 20 heavy (non-hydrogen) atoms. The summed E-state index contributed by atoms with van der Waals surface area (Å²) in [6, 6.07) is 11.6. The largest absolute Gasteiger partial charge is 0.311 e. The van der Waals surface area contributed by atoms with Crippen molar-refractivity contribution in [1.82, 2.24) is 15.1 Å². The first-order valence-corrected chi connectivity index (χ1v) is 7.54. The van der Waals surface area contributed by atoms with Crippen LogP contribution in [0.1, 0.15) is 35.2 Å². The molecule has 2 aliphatic carbocycles. The summed E-state index contributed by atoms with van der Waals surface area (Å²) in [4.78, 5) is 0. The second-order valence-electron chi connectivity index (χ2n) is 6.15. The van der Waals surface area contributed by atoms with Crippen LogP contribution in [0.2, 0.25) is 0 Å². The van der Waals surface area contributed by atoms with Gasteiger partial charge in [0.05, 0.1) is 11.7 Å². The number of aromatic nitrogens is 2. The highest BCUT2D eigenvalue weighted by molar-refractivity contribution is 5.40. The van der Waals surface area contributed by atoms with Crippen LogP contribution in [0.25, 0.3) is 0 Å². The Bertz CT molecular complexity index is 631. The van der Waals surface area contributed by atoms with Crippen molar-refractivity contribution in [3.8, 4) is 0 Å². The molecule has 2 aliphatic rings. The Balaban J connectivity index is 1.67. The lowest BCUT2D eigenvalue weighted by atomic mass is 9.92. The molecule has 1 aromatic heterocycles. The van der Waals surface area contributed by atoms with E-state index >= 15 is 0 Å². The van der Waals surface area contributed by atoms with E-state index in [9.17, 15) is 0 Å². The highest BCUT2D eigenvalue weighted by atomic mass is 15.3. The summed E-state index contributed by atoms with van der Waals surface area (Å²) < 4.78 is 2.01. The molecule has 0 spiro atoms. The molecule has 4 atom stereocenters. The zero-order valence-corrected chi connectivity index (χ0v) is 12.1. The maximum absolute atomic E-state index is 4.33. The summed E-state index contributed by atoms with van der Waals surface area (Å²) in [6.45, 7) is 0. The summed E-state index contributed by atoms with van der Waals surface area (Å²) >= 11 is 0. The molecule has 1 N–H and O–H groups in total. The van der Waals surface area contributed by atoms with E-state index in [4.69, 9.17) is 0 Å². The topological polar surface area (TPSA) is 29.9 Å². The molecule has 1 aromatic carbocycles. The molecule has 3 nitrogen and oxygen atoms in total. The van der Waals surface area contributed by atoms with E-state index in [0.29, 0.717) is 6.04 Å². The van der Waals surface area contributed by atoms with Gasteiger partial charge in [0.15, 0.2) is 0 Å². The van der Waals surface area contributed by atoms with Crippen molar-refractivity contribution in [3.63, 3.8) is 0 Å². The van der Waals surface area contributed by atoms with Crippen LogP contribution in [-0.4, -0.2) is 16.8 Å². The van der Waals surface area contributed by atoms with Crippen molar-refractivity contribution in [3.05, 3.63) is 53.3 Å². The lowest BCUT2D eigenvalue weighted by Gasteiger charge is -2.17. The Morgan fingerprint density at radius 2 is 2.15 bits per heavy atom. The molecule has 1 fully saturated rings. The van der Waals surface area contributed by atoms with Crippen LogP contribution in [-0.2, 0) is 13.5 Å². The number of rotatable bonds is 3. The number of hydrogen-bond donors (Lipinski definition) is 1. The highest BCUT2D eigenvalue weighted by Crippen LogP contribution is 2.64. The van der Waals surface area contributed by atoms with E-state index < -0.39 is 0 Å². The Kier molecular flexibility index (Phi) is 2.71. The van der Waals surface area contributed by atoms with Gasteiger partial charge in [-0.25, -0.2) is 0 Å². The Morgan fingerprint density at radius 1 is 1.30 bits per heavy atom. The van der Waals surface area contributed by atoms with Crippen LogP contribution in [0, 0.1) is 11.8 Å². The summed E-state index contributed by atoms with van der Waals surface area (Å²) in [5.74, 6) is 2.31. The van der Waals surface area contributed by atoms with Crippen LogP contribution in [0.15, 0.2) is 36.5 Å². The quantitative estimate of drug-likeness (QED) is 0.926. The van der Waals surface area contributed by atoms with Crippen molar-refractivity contribution in [1.29, 1.82) is 0 Å². The van der Waals surface area contributed by atoms with Crippen LogP contribution >= 0.6 is 0 Å². The Labute approximate surface area is 120 Å². The average Bonchev–Trinajstić information content (AvgIpc) is 3.06. The van der Waals surface area contributed by atoms with E-state index in [2.05, 4.69) is 47.8 Å². The fraction of sp³-hybridized carbons (Fsp3) is 0.471. The predicted molar refractivity (Wildman–Crippen MR) is 79.5 cm³/mol. The van der Waals surface area contributed by atoms with Crippen molar-refractivity contribution in [2.45, 2.75) is 24.8 Å². The fourth-order valence-electron chi connectivity index (χ4n) is 4.30. The van der Waals surface area contributed by atoms with Gasteiger partial charge in [0.2, 0.25) is 0 Å². The third-order valence-electron chi connectivity index (χ3n) is 5.26. The molecular weight excluding hydrogens is 246 g/mol. The summed E-state index contributed by atoms with van der Waals surface area (Å²) in [7, 11) is 4.12. The minimum Gasteiger partial charge on any atom is -0.311 e. The van der Waals surface area contributed by atoms with Gasteiger partial charge in [-0.3, -0.25) is 4.68 Å². The number of nitrogens with zero attached hydrogens (tertiary/aromatic N) is 2. The third kappa shape index (κ3) is 1.66. The normalized spacial score (nSPS) is 28.6. The van der Waals surface area contributed by atoms with Crippen molar-refractivity contribution in [2.75, 3.05) is 7.05 Å². The molecule has 0 saturated heterocycles. The maximum atomic E-state index is 4.33. The minimum atomic E-state index is 0.420. The zero-order valence-electron chi connectivity index (χ0n) is 12.1. The molecule has 1 heterocycles. The molecule has 2 aromatic rings. The molecule has 0 aliphatic heterocycles. The lowest BCUT2D eigenvalue weighted by molar-refractivity contribution is 0.454. The second-order valence-corrected chi connectivity index (χ2v) is 6.15. The van der Waals surface area contributed by atoms with E-state index in [-0.39, 0.29) is 0 Å².